The lowest BCUT2D eigenvalue weighted by atomic mass is 9.90. The van der Waals surface area contributed by atoms with Gasteiger partial charge in [-0.05, 0) is 37.8 Å². The Labute approximate surface area is 156 Å². The Morgan fingerprint density at radius 1 is 1.11 bits per heavy atom. The number of aromatic nitrogens is 2. The molecular weight excluding hydrogens is 340 g/mol. The first-order valence-corrected chi connectivity index (χ1v) is 9.14. The van der Waals surface area contributed by atoms with Gasteiger partial charge in [0, 0.05) is 17.5 Å². The van der Waals surface area contributed by atoms with Crippen LogP contribution in [0.5, 0.6) is 0 Å². The highest BCUT2D eigenvalue weighted by atomic mass is 16.2. The first kappa shape index (κ1) is 17.1. The van der Waals surface area contributed by atoms with Crippen molar-refractivity contribution < 1.29 is 4.79 Å². The molecule has 2 aromatic carbocycles. The largest absolute Gasteiger partial charge is 0.292 e. The summed E-state index contributed by atoms with van der Waals surface area (Å²) in [5.41, 5.74) is 5.86. The standard InChI is InChI=1S/C21H20N4O2/c1-2-25-21(27)17-12-6-5-11-16(17)19(24-25)20(26)23-22-18-13-7-9-14-8-3-4-10-15(14)18/h3-6,8,10-12H,2,7,9,13H2,1H3,(H,23,26). The summed E-state index contributed by atoms with van der Waals surface area (Å²) < 4.78 is 1.31. The number of nitrogens with zero attached hydrogens (tertiary/aromatic N) is 3. The Morgan fingerprint density at radius 3 is 2.67 bits per heavy atom. The van der Waals surface area contributed by atoms with Crippen LogP contribution in [0.4, 0.5) is 0 Å². The van der Waals surface area contributed by atoms with Crippen molar-refractivity contribution >= 4 is 22.4 Å². The molecule has 0 radical (unpaired) electrons. The van der Waals surface area contributed by atoms with Crippen LogP contribution in [0.3, 0.4) is 0 Å². The zero-order valence-electron chi connectivity index (χ0n) is 15.1. The third kappa shape index (κ3) is 3.14. The van der Waals surface area contributed by atoms with Gasteiger partial charge in [0.05, 0.1) is 11.1 Å². The number of fused-ring (bicyclic) bond motifs is 2. The minimum absolute atomic E-state index is 0.197. The monoisotopic (exact) mass is 360 g/mol. The molecule has 0 atom stereocenters. The SMILES string of the molecule is CCn1nc(C(=O)NN=C2CCCc3ccccc32)c2ccccc2c1=O. The van der Waals surface area contributed by atoms with E-state index >= 15 is 0 Å². The molecular formula is C21H20N4O2. The van der Waals surface area contributed by atoms with Crippen LogP contribution in [0.2, 0.25) is 0 Å². The molecule has 0 fully saturated rings. The van der Waals surface area contributed by atoms with Gasteiger partial charge in [0.2, 0.25) is 0 Å². The summed E-state index contributed by atoms with van der Waals surface area (Å²) in [5.74, 6) is -0.413. The van der Waals surface area contributed by atoms with E-state index in [1.54, 1.807) is 24.3 Å². The second-order valence-electron chi connectivity index (χ2n) is 6.53. The minimum Gasteiger partial charge on any atom is -0.267 e. The van der Waals surface area contributed by atoms with Crippen molar-refractivity contribution in [2.45, 2.75) is 32.7 Å². The Morgan fingerprint density at radius 2 is 1.85 bits per heavy atom. The number of amides is 1. The first-order valence-electron chi connectivity index (χ1n) is 9.14. The zero-order chi connectivity index (χ0) is 18.8. The van der Waals surface area contributed by atoms with Gasteiger partial charge < -0.3 is 0 Å². The molecule has 1 aliphatic rings. The molecule has 4 rings (SSSR count). The van der Waals surface area contributed by atoms with E-state index in [2.05, 4.69) is 21.7 Å². The van der Waals surface area contributed by atoms with E-state index in [0.29, 0.717) is 17.3 Å². The van der Waals surface area contributed by atoms with Crippen LogP contribution in [0.1, 0.15) is 41.4 Å². The number of carbonyl (C=O) groups is 1. The molecule has 0 bridgehead atoms. The molecule has 1 heterocycles. The zero-order valence-corrected chi connectivity index (χ0v) is 15.1. The molecule has 27 heavy (non-hydrogen) atoms. The number of aryl methyl sites for hydroxylation is 2. The molecule has 0 saturated heterocycles. The highest BCUT2D eigenvalue weighted by Gasteiger charge is 2.18. The molecule has 6 nitrogen and oxygen atoms in total. The van der Waals surface area contributed by atoms with Crippen LogP contribution < -0.4 is 11.0 Å². The molecule has 6 heteroatoms. The van der Waals surface area contributed by atoms with E-state index in [1.807, 2.05) is 25.1 Å². The summed E-state index contributed by atoms with van der Waals surface area (Å²) in [6.45, 7) is 2.22. The molecule has 1 aromatic heterocycles. The maximum Gasteiger partial charge on any atom is 0.292 e. The van der Waals surface area contributed by atoms with Crippen LogP contribution >= 0.6 is 0 Å². The second kappa shape index (κ2) is 7.15. The molecule has 1 N–H and O–H groups in total. The Hall–Kier alpha value is -3.28. The fourth-order valence-corrected chi connectivity index (χ4v) is 3.51. The van der Waals surface area contributed by atoms with Gasteiger partial charge >= 0.3 is 0 Å². The summed E-state index contributed by atoms with van der Waals surface area (Å²) >= 11 is 0. The molecule has 0 aliphatic heterocycles. The van der Waals surface area contributed by atoms with Gasteiger partial charge in [-0.15, -0.1) is 0 Å². The molecule has 0 spiro atoms. The third-order valence-electron chi connectivity index (χ3n) is 4.86. The van der Waals surface area contributed by atoms with Gasteiger partial charge in [-0.3, -0.25) is 9.59 Å². The van der Waals surface area contributed by atoms with Crippen molar-refractivity contribution in [1.29, 1.82) is 0 Å². The van der Waals surface area contributed by atoms with Gasteiger partial charge in [-0.2, -0.15) is 10.2 Å². The van der Waals surface area contributed by atoms with E-state index in [0.717, 1.165) is 30.5 Å². The lowest BCUT2D eigenvalue weighted by Gasteiger charge is -2.17. The van der Waals surface area contributed by atoms with Crippen LogP contribution in [0, 0.1) is 0 Å². The van der Waals surface area contributed by atoms with Crippen LogP contribution in [-0.2, 0) is 13.0 Å². The van der Waals surface area contributed by atoms with Gasteiger partial charge in [0.15, 0.2) is 5.69 Å². The lowest BCUT2D eigenvalue weighted by molar-refractivity contribution is 0.0949. The predicted octanol–water partition coefficient (Wildman–Crippen LogP) is 2.89. The van der Waals surface area contributed by atoms with E-state index in [-0.39, 0.29) is 11.3 Å². The van der Waals surface area contributed by atoms with Crippen LogP contribution in [0.15, 0.2) is 58.4 Å². The lowest BCUT2D eigenvalue weighted by Crippen LogP contribution is -2.29. The second-order valence-corrected chi connectivity index (χ2v) is 6.53. The van der Waals surface area contributed by atoms with E-state index in [9.17, 15) is 9.59 Å². The maximum absolute atomic E-state index is 12.8. The van der Waals surface area contributed by atoms with Crippen molar-refractivity contribution in [3.63, 3.8) is 0 Å². The summed E-state index contributed by atoms with van der Waals surface area (Å²) in [5, 5.41) is 9.64. The molecule has 136 valence electrons. The topological polar surface area (TPSA) is 76.3 Å². The van der Waals surface area contributed by atoms with Gasteiger partial charge in [0.25, 0.3) is 11.5 Å². The fourth-order valence-electron chi connectivity index (χ4n) is 3.51. The van der Waals surface area contributed by atoms with Crippen LogP contribution in [-0.4, -0.2) is 21.4 Å². The quantitative estimate of drug-likeness (QED) is 0.730. The normalized spacial score (nSPS) is 14.9. The van der Waals surface area contributed by atoms with Crippen molar-refractivity contribution in [3.8, 4) is 0 Å². The fraction of sp³-hybridized carbons (Fsp3) is 0.238. The van der Waals surface area contributed by atoms with Gasteiger partial charge in [-0.1, -0.05) is 42.5 Å². The van der Waals surface area contributed by atoms with Crippen molar-refractivity contribution in [2.75, 3.05) is 0 Å². The number of hydrogen-bond acceptors (Lipinski definition) is 4. The number of hydrazone groups is 1. The Balaban J connectivity index is 1.71. The molecule has 1 aliphatic carbocycles. The summed E-state index contributed by atoms with van der Waals surface area (Å²) in [7, 11) is 0. The molecule has 3 aromatic rings. The minimum atomic E-state index is -0.413. The first-order chi connectivity index (χ1) is 13.2. The summed E-state index contributed by atoms with van der Waals surface area (Å²) in [6.07, 6.45) is 2.85. The van der Waals surface area contributed by atoms with Gasteiger partial charge in [0.1, 0.15) is 0 Å². The third-order valence-corrected chi connectivity index (χ3v) is 4.86. The average molecular weight is 360 g/mol. The van der Waals surface area contributed by atoms with Crippen molar-refractivity contribution in [3.05, 3.63) is 75.7 Å². The number of nitrogens with one attached hydrogen (secondary N) is 1. The van der Waals surface area contributed by atoms with E-state index < -0.39 is 5.91 Å². The highest BCUT2D eigenvalue weighted by Crippen LogP contribution is 2.21. The summed E-state index contributed by atoms with van der Waals surface area (Å²) in [4.78, 5) is 25.2. The average Bonchev–Trinajstić information content (AvgIpc) is 2.72. The smallest absolute Gasteiger partial charge is 0.267 e. The molecule has 0 saturated carbocycles. The predicted molar refractivity (Wildman–Crippen MR) is 105 cm³/mol. The van der Waals surface area contributed by atoms with E-state index in [4.69, 9.17) is 0 Å². The number of hydrogen-bond donors (Lipinski definition) is 1. The Kier molecular flexibility index (Phi) is 4.54. The van der Waals surface area contributed by atoms with E-state index in [1.165, 1.54) is 10.2 Å². The van der Waals surface area contributed by atoms with Gasteiger partial charge in [-0.25, -0.2) is 10.1 Å². The molecule has 0 unspecified atom stereocenters. The highest BCUT2D eigenvalue weighted by molar-refractivity contribution is 6.07. The number of rotatable bonds is 3. The Bertz CT molecular complexity index is 1110. The maximum atomic E-state index is 12.8. The van der Waals surface area contributed by atoms with Crippen LogP contribution in [0.25, 0.3) is 10.8 Å². The number of benzene rings is 2. The summed E-state index contributed by atoms with van der Waals surface area (Å²) in [6, 6.07) is 15.2. The van der Waals surface area contributed by atoms with Crippen molar-refractivity contribution in [1.82, 2.24) is 15.2 Å². The number of carbonyl (C=O) groups excluding carboxylic acids is 1. The molecule has 1 amide bonds. The van der Waals surface area contributed by atoms with Crippen molar-refractivity contribution in [2.24, 2.45) is 5.10 Å².